The van der Waals surface area contributed by atoms with Crippen LogP contribution in [0.5, 0.6) is 0 Å². The molecular formula is C14H22N2O. The smallest absolute Gasteiger partial charge is 0.231 e. The number of likely N-dealkylation sites (N-methyl/N-ethyl adjacent to an activating group) is 1. The molecule has 0 radical (unpaired) electrons. The summed E-state index contributed by atoms with van der Waals surface area (Å²) in [6.07, 6.45) is 2.13. The Morgan fingerprint density at radius 1 is 1.35 bits per heavy atom. The molecule has 2 N–H and O–H groups in total. The second-order valence-corrected chi connectivity index (χ2v) is 4.31. The minimum Gasteiger partial charge on any atom is -0.345 e. The number of benzene rings is 1. The fraction of sp³-hybridized carbons (Fsp3) is 0.500. The first-order valence-electron chi connectivity index (χ1n) is 6.20. The molecule has 1 atom stereocenters. The maximum absolute atomic E-state index is 12.2. The number of nitrogens with two attached hydrogens (primary N) is 1. The third-order valence-corrected chi connectivity index (χ3v) is 2.96. The predicted molar refractivity (Wildman–Crippen MR) is 70.8 cm³/mol. The normalized spacial score (nSPS) is 12.2. The Bertz CT molecular complexity index is 337. The lowest BCUT2D eigenvalue weighted by molar-refractivity contribution is -0.131. The highest BCUT2D eigenvalue weighted by Gasteiger charge is 2.21. The van der Waals surface area contributed by atoms with E-state index >= 15 is 0 Å². The van der Waals surface area contributed by atoms with E-state index in [1.54, 1.807) is 4.90 Å². The van der Waals surface area contributed by atoms with Crippen molar-refractivity contribution in [1.29, 1.82) is 0 Å². The molecule has 0 bridgehead atoms. The molecule has 1 aromatic rings. The van der Waals surface area contributed by atoms with Crippen LogP contribution in [0.25, 0.3) is 0 Å². The summed E-state index contributed by atoms with van der Waals surface area (Å²) in [5, 5.41) is 0. The van der Waals surface area contributed by atoms with Crippen LogP contribution in [0.1, 0.15) is 31.2 Å². The van der Waals surface area contributed by atoms with Crippen molar-refractivity contribution in [2.45, 2.75) is 25.7 Å². The van der Waals surface area contributed by atoms with E-state index in [2.05, 4.69) is 6.92 Å². The van der Waals surface area contributed by atoms with E-state index in [0.29, 0.717) is 6.54 Å². The van der Waals surface area contributed by atoms with Crippen LogP contribution >= 0.6 is 0 Å². The second kappa shape index (κ2) is 7.07. The van der Waals surface area contributed by atoms with E-state index < -0.39 is 0 Å². The highest BCUT2D eigenvalue weighted by molar-refractivity contribution is 5.83. The third-order valence-electron chi connectivity index (χ3n) is 2.96. The van der Waals surface area contributed by atoms with Crippen LogP contribution in [0.4, 0.5) is 0 Å². The topological polar surface area (TPSA) is 46.3 Å². The minimum atomic E-state index is -0.210. The molecule has 1 aromatic carbocycles. The lowest BCUT2D eigenvalue weighted by Gasteiger charge is -2.23. The summed E-state index contributed by atoms with van der Waals surface area (Å²) in [5.74, 6) is -0.0924. The fourth-order valence-electron chi connectivity index (χ4n) is 1.84. The quantitative estimate of drug-likeness (QED) is 0.818. The lowest BCUT2D eigenvalue weighted by Crippen LogP contribution is -2.35. The molecule has 3 nitrogen and oxygen atoms in total. The van der Waals surface area contributed by atoms with E-state index in [0.717, 1.165) is 24.9 Å². The average Bonchev–Trinajstić information content (AvgIpc) is 2.38. The SMILES string of the molecule is CCCCN(C)C(=O)C(CN)c1ccccc1. The second-order valence-electron chi connectivity index (χ2n) is 4.31. The summed E-state index contributed by atoms with van der Waals surface area (Å²) < 4.78 is 0. The van der Waals surface area contributed by atoms with Crippen LogP contribution in [0.2, 0.25) is 0 Å². The van der Waals surface area contributed by atoms with Crippen molar-refractivity contribution in [3.8, 4) is 0 Å². The van der Waals surface area contributed by atoms with Gasteiger partial charge in [-0.05, 0) is 12.0 Å². The highest BCUT2D eigenvalue weighted by atomic mass is 16.2. The first-order valence-corrected chi connectivity index (χ1v) is 6.20. The third kappa shape index (κ3) is 3.86. The molecule has 0 aliphatic heterocycles. The average molecular weight is 234 g/mol. The van der Waals surface area contributed by atoms with Crippen molar-refractivity contribution in [3.05, 3.63) is 35.9 Å². The van der Waals surface area contributed by atoms with Crippen LogP contribution < -0.4 is 5.73 Å². The number of hydrogen-bond acceptors (Lipinski definition) is 2. The zero-order valence-electron chi connectivity index (χ0n) is 10.7. The molecule has 94 valence electrons. The van der Waals surface area contributed by atoms with Crippen LogP contribution in [0.15, 0.2) is 30.3 Å². The first-order chi connectivity index (χ1) is 8.20. The van der Waals surface area contributed by atoms with E-state index in [9.17, 15) is 4.79 Å². The fourth-order valence-corrected chi connectivity index (χ4v) is 1.84. The number of nitrogens with zero attached hydrogens (tertiary/aromatic N) is 1. The molecular weight excluding hydrogens is 212 g/mol. The number of carbonyl (C=O) groups excluding carboxylic acids is 1. The summed E-state index contributed by atoms with van der Waals surface area (Å²) in [5.41, 5.74) is 6.73. The largest absolute Gasteiger partial charge is 0.345 e. The van der Waals surface area contributed by atoms with Crippen molar-refractivity contribution >= 4 is 5.91 Å². The number of hydrogen-bond donors (Lipinski definition) is 1. The van der Waals surface area contributed by atoms with Gasteiger partial charge >= 0.3 is 0 Å². The molecule has 0 aromatic heterocycles. The van der Waals surface area contributed by atoms with E-state index in [4.69, 9.17) is 5.73 Å². The summed E-state index contributed by atoms with van der Waals surface area (Å²) in [6, 6.07) is 9.75. The van der Waals surface area contributed by atoms with Crippen LogP contribution in [-0.4, -0.2) is 30.9 Å². The van der Waals surface area contributed by atoms with Crippen LogP contribution in [-0.2, 0) is 4.79 Å². The number of unbranched alkanes of at least 4 members (excludes halogenated alkanes) is 1. The van der Waals surface area contributed by atoms with Crippen LogP contribution in [0, 0.1) is 0 Å². The van der Waals surface area contributed by atoms with E-state index in [1.807, 2.05) is 37.4 Å². The molecule has 0 aliphatic carbocycles. The van der Waals surface area contributed by atoms with Crippen LogP contribution in [0.3, 0.4) is 0 Å². The van der Waals surface area contributed by atoms with E-state index in [-0.39, 0.29) is 11.8 Å². The van der Waals surface area contributed by atoms with Gasteiger partial charge in [0.2, 0.25) is 5.91 Å². The molecule has 0 saturated heterocycles. The Balaban J connectivity index is 2.71. The summed E-state index contributed by atoms with van der Waals surface area (Å²) in [4.78, 5) is 14.0. The molecule has 0 aliphatic rings. The highest BCUT2D eigenvalue weighted by Crippen LogP contribution is 2.16. The Morgan fingerprint density at radius 3 is 2.53 bits per heavy atom. The van der Waals surface area contributed by atoms with Crippen molar-refractivity contribution in [2.75, 3.05) is 20.1 Å². The predicted octanol–water partition coefficient (Wildman–Crippen LogP) is 1.99. The molecule has 0 saturated carbocycles. The summed E-state index contributed by atoms with van der Waals surface area (Å²) in [6.45, 7) is 3.29. The van der Waals surface area contributed by atoms with Gasteiger partial charge in [-0.15, -0.1) is 0 Å². The lowest BCUT2D eigenvalue weighted by atomic mass is 9.98. The summed E-state index contributed by atoms with van der Waals surface area (Å²) >= 11 is 0. The molecule has 1 rings (SSSR count). The van der Waals surface area contributed by atoms with Gasteiger partial charge in [-0.1, -0.05) is 43.7 Å². The Morgan fingerprint density at radius 2 is 2.00 bits per heavy atom. The van der Waals surface area contributed by atoms with Gasteiger partial charge in [-0.25, -0.2) is 0 Å². The Labute approximate surface area is 104 Å². The standard InChI is InChI=1S/C14H22N2O/c1-3-4-10-16(2)14(17)13(11-15)12-8-6-5-7-9-12/h5-9,13H,3-4,10-11,15H2,1-2H3. The number of amides is 1. The van der Waals surface area contributed by atoms with Crippen molar-refractivity contribution < 1.29 is 4.79 Å². The zero-order valence-corrected chi connectivity index (χ0v) is 10.7. The number of carbonyl (C=O) groups is 1. The van der Waals surface area contributed by atoms with Gasteiger partial charge < -0.3 is 10.6 Å². The monoisotopic (exact) mass is 234 g/mol. The maximum Gasteiger partial charge on any atom is 0.231 e. The minimum absolute atomic E-state index is 0.118. The van der Waals surface area contributed by atoms with Gasteiger partial charge in [0.25, 0.3) is 0 Å². The van der Waals surface area contributed by atoms with Gasteiger partial charge in [-0.3, -0.25) is 4.79 Å². The van der Waals surface area contributed by atoms with Gasteiger partial charge in [0.15, 0.2) is 0 Å². The molecule has 0 fully saturated rings. The molecule has 0 spiro atoms. The molecule has 0 heterocycles. The molecule has 3 heteroatoms. The Hall–Kier alpha value is -1.35. The van der Waals surface area contributed by atoms with Gasteiger partial charge in [0.1, 0.15) is 0 Å². The van der Waals surface area contributed by atoms with Crippen molar-refractivity contribution in [1.82, 2.24) is 4.90 Å². The zero-order chi connectivity index (χ0) is 12.7. The summed E-state index contributed by atoms with van der Waals surface area (Å²) in [7, 11) is 1.85. The first kappa shape index (κ1) is 13.7. The van der Waals surface area contributed by atoms with Gasteiger partial charge in [0.05, 0.1) is 5.92 Å². The molecule has 17 heavy (non-hydrogen) atoms. The van der Waals surface area contributed by atoms with Gasteiger partial charge in [0, 0.05) is 20.1 Å². The Kier molecular flexibility index (Phi) is 5.70. The van der Waals surface area contributed by atoms with E-state index in [1.165, 1.54) is 0 Å². The molecule has 1 unspecified atom stereocenters. The van der Waals surface area contributed by atoms with Gasteiger partial charge in [-0.2, -0.15) is 0 Å². The van der Waals surface area contributed by atoms with Crippen molar-refractivity contribution in [3.63, 3.8) is 0 Å². The maximum atomic E-state index is 12.2. The number of rotatable bonds is 6. The molecule has 1 amide bonds. The van der Waals surface area contributed by atoms with Crippen molar-refractivity contribution in [2.24, 2.45) is 5.73 Å².